The molecule has 6 nitrogen and oxygen atoms in total. The van der Waals surface area contributed by atoms with Gasteiger partial charge < -0.3 is 10.6 Å². The second-order valence-electron chi connectivity index (χ2n) is 6.63. The highest BCUT2D eigenvalue weighted by Crippen LogP contribution is 2.42. The molecule has 146 valence electrons. The molecule has 7 heteroatoms. The number of nitrogens with one attached hydrogen (secondary N) is 3. The van der Waals surface area contributed by atoms with Crippen molar-refractivity contribution in [2.24, 2.45) is 5.10 Å². The zero-order chi connectivity index (χ0) is 20.4. The van der Waals surface area contributed by atoms with Gasteiger partial charge in [0.2, 0.25) is 5.91 Å². The second-order valence-corrected chi connectivity index (χ2v) is 7.74. The lowest BCUT2D eigenvalue weighted by Crippen LogP contribution is -2.19. The van der Waals surface area contributed by atoms with Crippen LogP contribution >= 0.6 is 11.8 Å². The van der Waals surface area contributed by atoms with Gasteiger partial charge in [0.15, 0.2) is 0 Å². The second kappa shape index (κ2) is 7.97. The Bertz CT molecular complexity index is 1080. The van der Waals surface area contributed by atoms with Crippen molar-refractivity contribution in [1.29, 1.82) is 0 Å². The number of thioether (sulfide) groups is 1. The molecule has 0 saturated carbocycles. The number of allylic oxidation sites excluding steroid dienone is 1. The van der Waals surface area contributed by atoms with Crippen LogP contribution in [0.25, 0.3) is 4.91 Å². The first-order valence-electron chi connectivity index (χ1n) is 9.30. The van der Waals surface area contributed by atoms with E-state index in [9.17, 15) is 9.59 Å². The molecular weight excluding hydrogens is 384 g/mol. The van der Waals surface area contributed by atoms with Crippen LogP contribution in [-0.4, -0.2) is 17.5 Å². The van der Waals surface area contributed by atoms with Crippen LogP contribution in [0.4, 0.5) is 11.4 Å². The summed E-state index contributed by atoms with van der Waals surface area (Å²) in [4.78, 5) is 25.6. The van der Waals surface area contributed by atoms with Crippen LogP contribution in [0.2, 0.25) is 0 Å². The molecule has 0 aromatic heterocycles. The van der Waals surface area contributed by atoms with Crippen molar-refractivity contribution in [1.82, 2.24) is 5.43 Å². The summed E-state index contributed by atoms with van der Waals surface area (Å²) in [6.07, 6.45) is 2.67. The third kappa shape index (κ3) is 3.95. The van der Waals surface area contributed by atoms with Crippen molar-refractivity contribution < 1.29 is 9.59 Å². The number of benzene rings is 2. The van der Waals surface area contributed by atoms with Gasteiger partial charge in [-0.05, 0) is 42.8 Å². The number of hydrogen-bond acceptors (Lipinski definition) is 5. The van der Waals surface area contributed by atoms with Crippen molar-refractivity contribution in [3.63, 3.8) is 0 Å². The van der Waals surface area contributed by atoms with Crippen LogP contribution in [0.5, 0.6) is 0 Å². The molecule has 0 aliphatic carbocycles. The minimum absolute atomic E-state index is 0.0973. The lowest BCUT2D eigenvalue weighted by Gasteiger charge is -2.22. The summed E-state index contributed by atoms with van der Waals surface area (Å²) in [7, 11) is 0. The molecular formula is C22H20N4O2S. The van der Waals surface area contributed by atoms with Crippen LogP contribution in [0.3, 0.4) is 0 Å². The lowest BCUT2D eigenvalue weighted by molar-refractivity contribution is -0.116. The Morgan fingerprint density at radius 2 is 1.90 bits per heavy atom. The van der Waals surface area contributed by atoms with Gasteiger partial charge in [0.1, 0.15) is 0 Å². The number of nitrogens with zero attached hydrogens (tertiary/aromatic N) is 1. The normalized spacial score (nSPS) is 17.7. The first kappa shape index (κ1) is 19.0. The van der Waals surface area contributed by atoms with E-state index in [1.807, 2.05) is 55.5 Å². The van der Waals surface area contributed by atoms with Crippen molar-refractivity contribution in [3.8, 4) is 0 Å². The molecule has 0 saturated heterocycles. The number of amides is 2. The third-order valence-corrected chi connectivity index (χ3v) is 5.62. The zero-order valence-electron chi connectivity index (χ0n) is 16.1. The Labute approximate surface area is 173 Å². The minimum atomic E-state index is -0.191. The average molecular weight is 404 g/mol. The van der Waals surface area contributed by atoms with Crippen molar-refractivity contribution in [2.75, 3.05) is 10.6 Å². The van der Waals surface area contributed by atoms with E-state index in [2.05, 4.69) is 27.2 Å². The molecule has 2 amide bonds. The molecule has 29 heavy (non-hydrogen) atoms. The van der Waals surface area contributed by atoms with Crippen molar-refractivity contribution in [2.45, 2.75) is 25.2 Å². The third-order valence-electron chi connectivity index (χ3n) is 4.55. The molecule has 3 N–H and O–H groups in total. The van der Waals surface area contributed by atoms with Crippen LogP contribution in [0, 0.1) is 0 Å². The first-order valence-corrected chi connectivity index (χ1v) is 10.1. The summed E-state index contributed by atoms with van der Waals surface area (Å²) in [6.45, 7) is 3.47. The maximum absolute atomic E-state index is 12.4. The van der Waals surface area contributed by atoms with E-state index in [-0.39, 0.29) is 11.8 Å². The lowest BCUT2D eigenvalue weighted by atomic mass is 10.0. The highest BCUT2D eigenvalue weighted by Gasteiger charge is 2.27. The summed E-state index contributed by atoms with van der Waals surface area (Å²) >= 11 is 1.61. The van der Waals surface area contributed by atoms with E-state index in [1.165, 1.54) is 6.92 Å². The van der Waals surface area contributed by atoms with E-state index < -0.39 is 0 Å². The van der Waals surface area contributed by atoms with Crippen LogP contribution < -0.4 is 16.1 Å². The van der Waals surface area contributed by atoms with Gasteiger partial charge in [-0.1, -0.05) is 36.9 Å². The number of carbonyl (C=O) groups excluding carboxylic acids is 2. The van der Waals surface area contributed by atoms with Crippen LogP contribution in [0.15, 0.2) is 75.9 Å². The minimum Gasteiger partial charge on any atom is -0.354 e. The fourth-order valence-electron chi connectivity index (χ4n) is 3.25. The molecule has 0 bridgehead atoms. The Morgan fingerprint density at radius 3 is 2.62 bits per heavy atom. The fourth-order valence-corrected chi connectivity index (χ4v) is 4.24. The standard InChI is InChI=1S/C22H20N4O2S/c1-3-17-21(22(28)26-25-17)19-12-20(16-6-4-5-7-18(16)24-19)29-15-10-8-14(9-11-15)23-13(2)27/h4-12,24H,3H2,1-2H3,(H,23,27)(H,26,28). The molecule has 0 atom stereocenters. The number of carbonyl (C=O) groups is 2. The van der Waals surface area contributed by atoms with Gasteiger partial charge in [-0.15, -0.1) is 0 Å². The first-order chi connectivity index (χ1) is 14.0. The van der Waals surface area contributed by atoms with Gasteiger partial charge in [0, 0.05) is 33.7 Å². The molecule has 4 rings (SSSR count). The smallest absolute Gasteiger partial charge is 0.275 e. The van der Waals surface area contributed by atoms with E-state index >= 15 is 0 Å². The Morgan fingerprint density at radius 1 is 1.14 bits per heavy atom. The molecule has 2 aliphatic rings. The quantitative estimate of drug-likeness (QED) is 0.662. The Balaban J connectivity index is 1.71. The molecule has 2 aromatic carbocycles. The zero-order valence-corrected chi connectivity index (χ0v) is 16.9. The summed E-state index contributed by atoms with van der Waals surface area (Å²) < 4.78 is 0. The molecule has 0 radical (unpaired) electrons. The highest BCUT2D eigenvalue weighted by molar-refractivity contribution is 8.08. The van der Waals surface area contributed by atoms with E-state index in [4.69, 9.17) is 0 Å². The fraction of sp³-hybridized carbons (Fsp3) is 0.136. The predicted octanol–water partition coefficient (Wildman–Crippen LogP) is 4.35. The summed E-state index contributed by atoms with van der Waals surface area (Å²) in [6, 6.07) is 15.7. The van der Waals surface area contributed by atoms with Gasteiger partial charge in [-0.3, -0.25) is 9.59 Å². The van der Waals surface area contributed by atoms with Crippen LogP contribution in [0.1, 0.15) is 25.8 Å². The number of anilines is 2. The number of fused-ring (bicyclic) bond motifs is 1. The maximum Gasteiger partial charge on any atom is 0.275 e. The van der Waals surface area contributed by atoms with Gasteiger partial charge >= 0.3 is 0 Å². The van der Waals surface area contributed by atoms with Crippen molar-refractivity contribution in [3.05, 3.63) is 71.4 Å². The predicted molar refractivity (Wildman–Crippen MR) is 118 cm³/mol. The SMILES string of the molecule is CCC1=NNC(=O)C1=C1C=C(Sc2ccc(NC(C)=O)cc2)c2ccccc2N1. The van der Waals surface area contributed by atoms with Gasteiger partial charge in [0.05, 0.1) is 17.0 Å². The van der Waals surface area contributed by atoms with E-state index in [0.29, 0.717) is 12.0 Å². The largest absolute Gasteiger partial charge is 0.354 e. The number of para-hydroxylation sites is 1. The monoisotopic (exact) mass is 404 g/mol. The summed E-state index contributed by atoms with van der Waals surface area (Å²) in [5, 5.41) is 10.3. The number of hydrogen-bond donors (Lipinski definition) is 3. The number of rotatable bonds is 4. The number of hydrazone groups is 1. The summed E-state index contributed by atoms with van der Waals surface area (Å²) in [5.74, 6) is -0.288. The Hall–Kier alpha value is -3.32. The molecule has 0 spiro atoms. The molecule has 2 aliphatic heterocycles. The van der Waals surface area contributed by atoms with E-state index in [1.54, 1.807) is 11.8 Å². The maximum atomic E-state index is 12.4. The molecule has 2 aromatic rings. The highest BCUT2D eigenvalue weighted by atomic mass is 32.2. The summed E-state index contributed by atoms with van der Waals surface area (Å²) in [5.41, 5.74) is 7.42. The molecule has 2 heterocycles. The van der Waals surface area contributed by atoms with Crippen molar-refractivity contribution >= 4 is 45.6 Å². The van der Waals surface area contributed by atoms with Gasteiger partial charge in [-0.2, -0.15) is 5.10 Å². The van der Waals surface area contributed by atoms with Crippen LogP contribution in [-0.2, 0) is 9.59 Å². The molecule has 0 unspecified atom stereocenters. The van der Waals surface area contributed by atoms with Gasteiger partial charge in [0.25, 0.3) is 5.91 Å². The van der Waals surface area contributed by atoms with E-state index in [0.717, 1.165) is 38.1 Å². The Kier molecular flexibility index (Phi) is 5.22. The topological polar surface area (TPSA) is 82.6 Å². The van der Waals surface area contributed by atoms with Gasteiger partial charge in [-0.25, -0.2) is 5.43 Å². The molecule has 0 fully saturated rings. The average Bonchev–Trinajstić information content (AvgIpc) is 3.09.